The van der Waals surface area contributed by atoms with Gasteiger partial charge in [-0.25, -0.2) is 0 Å². The lowest BCUT2D eigenvalue weighted by atomic mass is 9.73. The van der Waals surface area contributed by atoms with E-state index in [0.717, 1.165) is 54.4 Å². The van der Waals surface area contributed by atoms with Crippen molar-refractivity contribution in [1.29, 1.82) is 0 Å². The van der Waals surface area contributed by atoms with E-state index in [-0.39, 0.29) is 16.6 Å². The quantitative estimate of drug-likeness (QED) is 0.417. The number of methoxy groups -OCH3 is 1. The Balaban J connectivity index is 1.63. The molecule has 194 valence electrons. The van der Waals surface area contributed by atoms with Crippen LogP contribution >= 0.6 is 11.6 Å². The number of phenols is 1. The van der Waals surface area contributed by atoms with Crippen LogP contribution in [0.4, 0.5) is 5.69 Å². The number of benzene rings is 1. The molecule has 2 N–H and O–H groups in total. The Hall–Kier alpha value is -2.57. The van der Waals surface area contributed by atoms with Crippen molar-refractivity contribution in [3.63, 3.8) is 0 Å². The van der Waals surface area contributed by atoms with E-state index in [1.807, 2.05) is 12.1 Å². The van der Waals surface area contributed by atoms with Gasteiger partial charge in [-0.2, -0.15) is 0 Å². The lowest BCUT2D eigenvalue weighted by Gasteiger charge is -2.35. The largest absolute Gasteiger partial charge is 0.503 e. The van der Waals surface area contributed by atoms with Crippen molar-refractivity contribution in [3.05, 3.63) is 51.8 Å². The molecule has 0 amide bonds. The summed E-state index contributed by atoms with van der Waals surface area (Å²) in [4.78, 5) is 19.7. The van der Waals surface area contributed by atoms with Crippen molar-refractivity contribution >= 4 is 29.1 Å². The molecule has 1 saturated carbocycles. The standard InChI is InChI=1S/C29H38ClN3O3/c1-6-33(4)17-19-7-9-21(10-8-19)32-27-22-15-29(3,12-11-25(22)31-16-23(27)18(2)34)20-13-24(30)28(35)26(14-20)36-5/h11-14,16,19,21,35H,6-10,15,17H2,1-5H3,(H,31,32). The number of Topliss-reactive ketones (excluding diaryl/α,β-unsaturated/α-hetero) is 1. The molecule has 2 aliphatic rings. The van der Waals surface area contributed by atoms with Crippen molar-refractivity contribution in [2.75, 3.05) is 32.6 Å². The minimum atomic E-state index is -0.409. The highest BCUT2D eigenvalue weighted by atomic mass is 35.5. The molecule has 0 radical (unpaired) electrons. The van der Waals surface area contributed by atoms with Gasteiger partial charge >= 0.3 is 0 Å². The minimum Gasteiger partial charge on any atom is -0.503 e. The van der Waals surface area contributed by atoms with E-state index in [9.17, 15) is 9.90 Å². The number of hydrogen-bond donors (Lipinski definition) is 2. The normalized spacial score (nSPS) is 23.4. The van der Waals surface area contributed by atoms with Gasteiger partial charge in [0.05, 0.1) is 29.1 Å². The second-order valence-corrected chi connectivity index (χ2v) is 11.0. The number of nitrogens with one attached hydrogen (secondary N) is 1. The van der Waals surface area contributed by atoms with Gasteiger partial charge in [0.2, 0.25) is 0 Å². The third-order valence-electron chi connectivity index (χ3n) is 7.96. The van der Waals surface area contributed by atoms with Crippen molar-refractivity contribution in [3.8, 4) is 11.5 Å². The highest BCUT2D eigenvalue weighted by Gasteiger charge is 2.33. The molecule has 0 aliphatic heterocycles. The molecule has 1 unspecified atom stereocenters. The van der Waals surface area contributed by atoms with E-state index >= 15 is 0 Å². The molecule has 1 aromatic carbocycles. The fourth-order valence-corrected chi connectivity index (χ4v) is 5.74. The molecule has 0 spiro atoms. The van der Waals surface area contributed by atoms with Crippen LogP contribution in [-0.4, -0.2) is 54.1 Å². The Bertz CT molecular complexity index is 1160. The molecular formula is C29H38ClN3O3. The van der Waals surface area contributed by atoms with Crippen LogP contribution in [0, 0.1) is 5.92 Å². The molecule has 0 saturated heterocycles. The lowest BCUT2D eigenvalue weighted by Crippen LogP contribution is -2.33. The van der Waals surface area contributed by atoms with E-state index in [4.69, 9.17) is 16.3 Å². The van der Waals surface area contributed by atoms with E-state index < -0.39 is 5.41 Å². The predicted molar refractivity (Wildman–Crippen MR) is 147 cm³/mol. The van der Waals surface area contributed by atoms with Crippen molar-refractivity contribution in [2.45, 2.75) is 64.3 Å². The Morgan fingerprint density at radius 2 is 2.03 bits per heavy atom. The summed E-state index contributed by atoms with van der Waals surface area (Å²) in [6, 6.07) is 3.96. The van der Waals surface area contributed by atoms with Gasteiger partial charge in [-0.3, -0.25) is 9.78 Å². The summed E-state index contributed by atoms with van der Waals surface area (Å²) in [5.41, 5.74) is 4.00. The van der Waals surface area contributed by atoms with Gasteiger partial charge in [0.25, 0.3) is 0 Å². The first-order valence-electron chi connectivity index (χ1n) is 12.9. The summed E-state index contributed by atoms with van der Waals surface area (Å²) >= 11 is 6.33. The molecule has 4 rings (SSSR count). The van der Waals surface area contributed by atoms with Crippen LogP contribution in [0.15, 0.2) is 24.4 Å². The maximum atomic E-state index is 12.6. The monoisotopic (exact) mass is 511 g/mol. The number of ether oxygens (including phenoxy) is 1. The molecule has 6 nitrogen and oxygen atoms in total. The zero-order valence-electron chi connectivity index (χ0n) is 22.0. The first-order valence-corrected chi connectivity index (χ1v) is 13.3. The summed E-state index contributed by atoms with van der Waals surface area (Å²) in [6.07, 6.45) is 11.1. The molecule has 0 bridgehead atoms. The Kier molecular flexibility index (Phi) is 7.96. The van der Waals surface area contributed by atoms with Gasteiger partial charge < -0.3 is 20.1 Å². The second kappa shape index (κ2) is 10.8. The van der Waals surface area contributed by atoms with Gasteiger partial charge in [0.1, 0.15) is 0 Å². The summed E-state index contributed by atoms with van der Waals surface area (Å²) in [7, 11) is 3.71. The number of nitrogens with zero attached hydrogens (tertiary/aromatic N) is 2. The van der Waals surface area contributed by atoms with Gasteiger partial charge in [-0.05, 0) is 82.3 Å². The molecule has 7 heteroatoms. The molecule has 2 aliphatic carbocycles. The minimum absolute atomic E-state index is 0.0108. The zero-order chi connectivity index (χ0) is 26.0. The number of ketones is 1. The molecule has 1 heterocycles. The molecular weight excluding hydrogens is 474 g/mol. The van der Waals surface area contributed by atoms with E-state index in [0.29, 0.717) is 23.8 Å². The number of phenolic OH excluding ortho intramolecular Hbond substituents is 1. The molecule has 1 aromatic heterocycles. The van der Waals surface area contributed by atoms with Gasteiger partial charge in [0.15, 0.2) is 17.3 Å². The fraction of sp³-hybridized carbons (Fsp3) is 0.517. The molecule has 1 fully saturated rings. The highest BCUT2D eigenvalue weighted by molar-refractivity contribution is 6.32. The summed E-state index contributed by atoms with van der Waals surface area (Å²) in [5.74, 6) is 1.02. The first-order chi connectivity index (χ1) is 17.1. The smallest absolute Gasteiger partial charge is 0.176 e. The van der Waals surface area contributed by atoms with Crippen molar-refractivity contribution in [2.24, 2.45) is 5.92 Å². The van der Waals surface area contributed by atoms with Crippen LogP contribution < -0.4 is 10.1 Å². The van der Waals surface area contributed by atoms with Gasteiger partial charge in [-0.1, -0.05) is 31.5 Å². The van der Waals surface area contributed by atoms with Crippen LogP contribution in [-0.2, 0) is 11.8 Å². The number of halogens is 1. The van der Waals surface area contributed by atoms with Crippen molar-refractivity contribution in [1.82, 2.24) is 9.88 Å². The Morgan fingerprint density at radius 3 is 2.67 bits per heavy atom. The zero-order valence-corrected chi connectivity index (χ0v) is 22.8. The van der Waals surface area contributed by atoms with Crippen LogP contribution in [0.3, 0.4) is 0 Å². The van der Waals surface area contributed by atoms with Crippen LogP contribution in [0.5, 0.6) is 11.5 Å². The predicted octanol–water partition coefficient (Wildman–Crippen LogP) is 6.10. The molecule has 2 aromatic rings. The number of hydrogen-bond acceptors (Lipinski definition) is 6. The maximum Gasteiger partial charge on any atom is 0.176 e. The van der Waals surface area contributed by atoms with Crippen molar-refractivity contribution < 1.29 is 14.6 Å². The summed E-state index contributed by atoms with van der Waals surface area (Å²) in [5, 5.41) is 14.3. The van der Waals surface area contributed by atoms with Gasteiger partial charge in [-0.15, -0.1) is 0 Å². The second-order valence-electron chi connectivity index (χ2n) is 10.6. The van der Waals surface area contributed by atoms with E-state index in [1.54, 1.807) is 19.2 Å². The van der Waals surface area contributed by atoms with Crippen LogP contribution in [0.2, 0.25) is 5.02 Å². The fourth-order valence-electron chi connectivity index (χ4n) is 5.53. The first kappa shape index (κ1) is 26.5. The number of carbonyl (C=O) groups is 1. The Morgan fingerprint density at radius 1 is 1.31 bits per heavy atom. The summed E-state index contributed by atoms with van der Waals surface area (Å²) < 4.78 is 5.36. The number of fused-ring (bicyclic) bond motifs is 1. The number of anilines is 1. The van der Waals surface area contributed by atoms with E-state index in [1.165, 1.54) is 20.0 Å². The third kappa shape index (κ3) is 5.40. The number of carbonyl (C=O) groups excluding carboxylic acids is 1. The van der Waals surface area contributed by atoms with E-state index in [2.05, 4.69) is 42.2 Å². The maximum absolute atomic E-state index is 12.6. The number of aromatic hydroxyl groups is 1. The van der Waals surface area contributed by atoms with Gasteiger partial charge in [0, 0.05) is 29.8 Å². The van der Waals surface area contributed by atoms with Crippen LogP contribution in [0.25, 0.3) is 6.08 Å². The topological polar surface area (TPSA) is 74.7 Å². The number of pyridine rings is 1. The number of aromatic nitrogens is 1. The Labute approximate surface area is 219 Å². The number of rotatable bonds is 8. The number of allylic oxidation sites excluding steroid dienone is 1. The SMILES string of the molecule is CCN(C)CC1CCC(Nc2c(C(C)=O)cnc3c2CC(C)(c2cc(Cl)c(O)c(OC)c2)C=C3)CC1. The summed E-state index contributed by atoms with van der Waals surface area (Å²) in [6.45, 7) is 8.17. The van der Waals surface area contributed by atoms with Crippen LogP contribution in [0.1, 0.15) is 73.6 Å². The average molecular weight is 512 g/mol. The lowest BCUT2D eigenvalue weighted by molar-refractivity contribution is 0.101. The average Bonchev–Trinajstić information content (AvgIpc) is 2.86. The third-order valence-corrected chi connectivity index (χ3v) is 8.25. The molecule has 1 atom stereocenters. The molecule has 36 heavy (non-hydrogen) atoms. The highest BCUT2D eigenvalue weighted by Crippen LogP contribution is 2.44.